The third kappa shape index (κ3) is 2.73. The first kappa shape index (κ1) is 14.7. The summed E-state index contributed by atoms with van der Waals surface area (Å²) in [5, 5.41) is 3.12. The quantitative estimate of drug-likeness (QED) is 0.892. The fourth-order valence-corrected chi connectivity index (χ4v) is 2.93. The van der Waals surface area contributed by atoms with E-state index >= 15 is 0 Å². The summed E-state index contributed by atoms with van der Waals surface area (Å²) in [6.45, 7) is 2.00. The highest BCUT2D eigenvalue weighted by molar-refractivity contribution is 5.92. The van der Waals surface area contributed by atoms with E-state index in [1.165, 1.54) is 0 Å². The molecule has 0 radical (unpaired) electrons. The maximum Gasteiger partial charge on any atom is 0.231 e. The maximum absolute atomic E-state index is 12.7. The second-order valence-corrected chi connectivity index (χ2v) is 5.94. The van der Waals surface area contributed by atoms with Gasteiger partial charge in [0, 0.05) is 18.0 Å². The smallest absolute Gasteiger partial charge is 0.231 e. The summed E-state index contributed by atoms with van der Waals surface area (Å²) in [5.74, 6) is 1.75. The maximum atomic E-state index is 12.7. The van der Waals surface area contributed by atoms with Gasteiger partial charge in [-0.15, -0.1) is 0 Å². The van der Waals surface area contributed by atoms with Gasteiger partial charge in [-0.2, -0.15) is 0 Å². The number of ether oxygens (including phenoxy) is 1. The number of methoxy groups -OCH3 is 1. The standard InChI is InChI=1S/C18H21NO3/c1-13(12-14-6-5-11-22-14)19-17(20)18(9-10-18)15-7-3-4-8-16(15)21-2/h3-8,11,13H,9-10,12H2,1-2H3,(H,19,20). The van der Waals surface area contributed by atoms with E-state index in [0.717, 1.165) is 29.9 Å². The van der Waals surface area contributed by atoms with E-state index in [0.29, 0.717) is 6.42 Å². The van der Waals surface area contributed by atoms with E-state index < -0.39 is 5.41 Å². The number of furan rings is 1. The lowest BCUT2D eigenvalue weighted by atomic mass is 9.93. The van der Waals surface area contributed by atoms with Crippen LogP contribution in [0.4, 0.5) is 0 Å². The number of para-hydroxylation sites is 1. The van der Waals surface area contributed by atoms with E-state index in [1.807, 2.05) is 43.3 Å². The molecule has 1 amide bonds. The molecule has 1 saturated carbocycles. The largest absolute Gasteiger partial charge is 0.496 e. The molecular weight excluding hydrogens is 278 g/mol. The van der Waals surface area contributed by atoms with Crippen LogP contribution in [0.5, 0.6) is 5.75 Å². The van der Waals surface area contributed by atoms with Crippen molar-refractivity contribution in [3.63, 3.8) is 0 Å². The van der Waals surface area contributed by atoms with Crippen molar-refractivity contribution in [2.45, 2.75) is 37.6 Å². The molecule has 1 heterocycles. The van der Waals surface area contributed by atoms with Crippen molar-refractivity contribution < 1.29 is 13.9 Å². The molecule has 1 fully saturated rings. The number of amides is 1. The summed E-state index contributed by atoms with van der Waals surface area (Å²) in [7, 11) is 1.65. The van der Waals surface area contributed by atoms with Gasteiger partial charge in [0.15, 0.2) is 0 Å². The van der Waals surface area contributed by atoms with Crippen molar-refractivity contribution in [2.24, 2.45) is 0 Å². The number of hydrogen-bond donors (Lipinski definition) is 1. The molecule has 1 aromatic carbocycles. The first-order valence-electron chi connectivity index (χ1n) is 7.62. The van der Waals surface area contributed by atoms with E-state index in [4.69, 9.17) is 9.15 Å². The molecule has 0 spiro atoms. The number of carbonyl (C=O) groups excluding carboxylic acids is 1. The van der Waals surface area contributed by atoms with Gasteiger partial charge in [-0.25, -0.2) is 0 Å². The van der Waals surface area contributed by atoms with Crippen molar-refractivity contribution in [1.82, 2.24) is 5.32 Å². The van der Waals surface area contributed by atoms with Gasteiger partial charge in [0.25, 0.3) is 0 Å². The lowest BCUT2D eigenvalue weighted by Crippen LogP contribution is -2.41. The topological polar surface area (TPSA) is 51.5 Å². The minimum absolute atomic E-state index is 0.0332. The zero-order chi connectivity index (χ0) is 15.6. The number of hydrogen-bond acceptors (Lipinski definition) is 3. The fourth-order valence-electron chi connectivity index (χ4n) is 2.93. The van der Waals surface area contributed by atoms with Crippen LogP contribution in [-0.4, -0.2) is 19.1 Å². The minimum Gasteiger partial charge on any atom is -0.496 e. The van der Waals surface area contributed by atoms with Crippen molar-refractivity contribution in [2.75, 3.05) is 7.11 Å². The minimum atomic E-state index is -0.427. The molecule has 1 atom stereocenters. The van der Waals surface area contributed by atoms with Crippen LogP contribution in [0.3, 0.4) is 0 Å². The normalized spacial score (nSPS) is 16.8. The Hall–Kier alpha value is -2.23. The summed E-state index contributed by atoms with van der Waals surface area (Å²) >= 11 is 0. The Morgan fingerprint density at radius 2 is 2.09 bits per heavy atom. The first-order valence-corrected chi connectivity index (χ1v) is 7.62. The van der Waals surface area contributed by atoms with Gasteiger partial charge in [0.1, 0.15) is 11.5 Å². The van der Waals surface area contributed by atoms with Crippen LogP contribution < -0.4 is 10.1 Å². The van der Waals surface area contributed by atoms with Crippen LogP contribution in [-0.2, 0) is 16.6 Å². The van der Waals surface area contributed by atoms with Crippen LogP contribution in [0, 0.1) is 0 Å². The molecule has 1 N–H and O–H groups in total. The van der Waals surface area contributed by atoms with Crippen molar-refractivity contribution in [1.29, 1.82) is 0 Å². The van der Waals surface area contributed by atoms with Crippen molar-refractivity contribution >= 4 is 5.91 Å². The number of nitrogens with one attached hydrogen (secondary N) is 1. The average molecular weight is 299 g/mol. The highest BCUT2D eigenvalue weighted by atomic mass is 16.5. The Kier molecular flexibility index (Phi) is 3.92. The number of carbonyl (C=O) groups is 1. The van der Waals surface area contributed by atoms with Gasteiger partial charge in [0.2, 0.25) is 5.91 Å². The Morgan fingerprint density at radius 3 is 2.73 bits per heavy atom. The summed E-state index contributed by atoms with van der Waals surface area (Å²) in [5.41, 5.74) is 0.560. The third-order valence-electron chi connectivity index (χ3n) is 4.27. The Morgan fingerprint density at radius 1 is 1.32 bits per heavy atom. The van der Waals surface area contributed by atoms with Gasteiger partial charge in [0.05, 0.1) is 18.8 Å². The molecule has 1 aliphatic carbocycles. The number of benzene rings is 1. The molecule has 2 aromatic rings. The zero-order valence-electron chi connectivity index (χ0n) is 13.0. The van der Waals surface area contributed by atoms with Crippen LogP contribution in [0.1, 0.15) is 31.1 Å². The lowest BCUT2D eigenvalue weighted by molar-refractivity contribution is -0.124. The molecule has 116 valence electrons. The van der Waals surface area contributed by atoms with Gasteiger partial charge in [-0.3, -0.25) is 4.79 Å². The van der Waals surface area contributed by atoms with E-state index in [9.17, 15) is 4.79 Å². The monoisotopic (exact) mass is 299 g/mol. The SMILES string of the molecule is COc1ccccc1C1(C(=O)NC(C)Cc2ccco2)CC1. The molecular formula is C18H21NO3. The third-order valence-corrected chi connectivity index (χ3v) is 4.27. The summed E-state index contributed by atoms with van der Waals surface area (Å²) in [6, 6.07) is 11.6. The molecule has 22 heavy (non-hydrogen) atoms. The van der Waals surface area contributed by atoms with Crippen LogP contribution in [0.25, 0.3) is 0 Å². The lowest BCUT2D eigenvalue weighted by Gasteiger charge is -2.21. The fraction of sp³-hybridized carbons (Fsp3) is 0.389. The van der Waals surface area contributed by atoms with Gasteiger partial charge in [-0.05, 0) is 38.0 Å². The highest BCUT2D eigenvalue weighted by Crippen LogP contribution is 2.51. The molecule has 4 nitrogen and oxygen atoms in total. The Labute approximate surface area is 130 Å². The average Bonchev–Trinajstić information content (AvgIpc) is 3.19. The van der Waals surface area contributed by atoms with Crippen LogP contribution in [0.15, 0.2) is 47.1 Å². The molecule has 1 aromatic heterocycles. The Bertz CT molecular complexity index is 644. The first-order chi connectivity index (χ1) is 10.7. The van der Waals surface area contributed by atoms with Crippen molar-refractivity contribution in [3.8, 4) is 5.75 Å². The van der Waals surface area contributed by atoms with Crippen LogP contribution in [0.2, 0.25) is 0 Å². The van der Waals surface area contributed by atoms with E-state index in [2.05, 4.69) is 5.32 Å². The number of rotatable bonds is 6. The summed E-state index contributed by atoms with van der Waals surface area (Å²) in [6.07, 6.45) is 4.08. The Balaban J connectivity index is 1.71. The highest BCUT2D eigenvalue weighted by Gasteiger charge is 2.52. The molecule has 1 aliphatic rings. The van der Waals surface area contributed by atoms with Gasteiger partial charge in [-0.1, -0.05) is 18.2 Å². The molecule has 3 rings (SSSR count). The predicted octanol–water partition coefficient (Wildman–Crippen LogP) is 3.07. The van der Waals surface area contributed by atoms with E-state index in [-0.39, 0.29) is 11.9 Å². The van der Waals surface area contributed by atoms with Crippen LogP contribution >= 0.6 is 0 Å². The second kappa shape index (κ2) is 5.87. The summed E-state index contributed by atoms with van der Waals surface area (Å²) < 4.78 is 10.8. The van der Waals surface area contributed by atoms with Crippen molar-refractivity contribution in [3.05, 3.63) is 54.0 Å². The molecule has 0 bridgehead atoms. The molecule has 0 saturated heterocycles. The zero-order valence-corrected chi connectivity index (χ0v) is 13.0. The predicted molar refractivity (Wildman–Crippen MR) is 83.9 cm³/mol. The second-order valence-electron chi connectivity index (χ2n) is 5.94. The van der Waals surface area contributed by atoms with Gasteiger partial charge >= 0.3 is 0 Å². The van der Waals surface area contributed by atoms with Gasteiger partial charge < -0.3 is 14.5 Å². The molecule has 4 heteroatoms. The molecule has 1 unspecified atom stereocenters. The summed E-state index contributed by atoms with van der Waals surface area (Å²) in [4.78, 5) is 12.7. The van der Waals surface area contributed by atoms with E-state index in [1.54, 1.807) is 13.4 Å². The molecule has 0 aliphatic heterocycles.